The summed E-state index contributed by atoms with van der Waals surface area (Å²) in [5.74, 6) is -1.15. The lowest BCUT2D eigenvalue weighted by Gasteiger charge is -2.46. The van der Waals surface area contributed by atoms with E-state index in [4.69, 9.17) is 17.5 Å². The molecule has 0 radical (unpaired) electrons. The number of nitrogens with one attached hydrogen (secondary N) is 1. The Morgan fingerprint density at radius 2 is 2.07 bits per heavy atom. The lowest BCUT2D eigenvalue weighted by atomic mass is 9.74. The Hall–Kier alpha value is -3.02. The Labute approximate surface area is 179 Å². The standard InChI is InChI=1S/C22H21FN4O2S/c1-13-10-14(12-24)4-7-18(13)26-20(29)22(8-3-9-22)27(21(26)30)15-5-6-16(17(23)11-15)19(28)25-2/h4-7,10-11,20,29H,3,8-9H2,1-2H3,(H,25,28). The average Bonchev–Trinajstić information content (AvgIpc) is 2.94. The van der Waals surface area contributed by atoms with Crippen molar-refractivity contribution >= 4 is 34.6 Å². The number of benzene rings is 2. The van der Waals surface area contributed by atoms with Gasteiger partial charge in [0.15, 0.2) is 11.3 Å². The normalized spacial score (nSPS) is 19.6. The van der Waals surface area contributed by atoms with Gasteiger partial charge in [0.25, 0.3) is 5.91 Å². The molecule has 1 heterocycles. The second kappa shape index (κ2) is 7.35. The zero-order valence-corrected chi connectivity index (χ0v) is 17.5. The number of halogens is 1. The van der Waals surface area contributed by atoms with E-state index in [1.54, 1.807) is 29.2 Å². The number of hydrogen-bond donors (Lipinski definition) is 2. The highest BCUT2D eigenvalue weighted by atomic mass is 32.1. The summed E-state index contributed by atoms with van der Waals surface area (Å²) < 4.78 is 14.7. The molecule has 1 saturated heterocycles. The number of hydrogen-bond acceptors (Lipinski definition) is 4. The predicted octanol–water partition coefficient (Wildman–Crippen LogP) is 3.22. The molecule has 1 aliphatic carbocycles. The lowest BCUT2D eigenvalue weighted by Crippen LogP contribution is -2.57. The van der Waals surface area contributed by atoms with Gasteiger partial charge in [-0.25, -0.2) is 4.39 Å². The molecular formula is C22H21FN4O2S. The molecule has 30 heavy (non-hydrogen) atoms. The minimum atomic E-state index is -0.910. The zero-order valence-electron chi connectivity index (χ0n) is 16.6. The van der Waals surface area contributed by atoms with Crippen molar-refractivity contribution in [3.63, 3.8) is 0 Å². The number of thiocarbonyl (C=S) groups is 1. The molecule has 0 aromatic heterocycles. The number of anilines is 2. The van der Waals surface area contributed by atoms with Crippen molar-refractivity contribution < 1.29 is 14.3 Å². The van der Waals surface area contributed by atoms with E-state index in [0.29, 0.717) is 34.9 Å². The Morgan fingerprint density at radius 3 is 2.60 bits per heavy atom. The van der Waals surface area contributed by atoms with Crippen LogP contribution in [-0.4, -0.2) is 34.9 Å². The number of nitriles is 1. The van der Waals surface area contributed by atoms with Crippen molar-refractivity contribution in [1.29, 1.82) is 5.26 Å². The maximum absolute atomic E-state index is 14.7. The van der Waals surface area contributed by atoms with Crippen molar-refractivity contribution in [2.75, 3.05) is 16.8 Å². The zero-order chi connectivity index (χ0) is 21.6. The van der Waals surface area contributed by atoms with Gasteiger partial charge < -0.3 is 15.3 Å². The fraction of sp³-hybridized carbons (Fsp3) is 0.318. The van der Waals surface area contributed by atoms with E-state index in [9.17, 15) is 14.3 Å². The summed E-state index contributed by atoms with van der Waals surface area (Å²) in [7, 11) is 1.45. The van der Waals surface area contributed by atoms with Crippen LogP contribution in [0.1, 0.15) is 40.7 Å². The molecule has 2 aromatic carbocycles. The van der Waals surface area contributed by atoms with E-state index >= 15 is 0 Å². The van der Waals surface area contributed by atoms with Gasteiger partial charge >= 0.3 is 0 Å². The van der Waals surface area contributed by atoms with Crippen molar-refractivity contribution in [3.8, 4) is 6.07 Å². The SMILES string of the molecule is CNC(=O)c1ccc(N2C(=S)N(c3ccc(C#N)cc3C)C(O)C23CCC3)cc1F. The number of aryl methyl sites for hydroxylation is 1. The summed E-state index contributed by atoms with van der Waals surface area (Å²) in [6.45, 7) is 1.86. The first kappa shape index (κ1) is 20.3. The molecular weight excluding hydrogens is 403 g/mol. The first-order valence-corrected chi connectivity index (χ1v) is 10.1. The highest BCUT2D eigenvalue weighted by Crippen LogP contribution is 2.50. The van der Waals surface area contributed by atoms with Crippen molar-refractivity contribution in [2.24, 2.45) is 0 Å². The Bertz CT molecular complexity index is 1090. The average molecular weight is 425 g/mol. The fourth-order valence-electron chi connectivity index (χ4n) is 4.34. The third-order valence-electron chi connectivity index (χ3n) is 6.06. The lowest BCUT2D eigenvalue weighted by molar-refractivity contribution is 0.0596. The highest BCUT2D eigenvalue weighted by molar-refractivity contribution is 7.80. The second-order valence-corrected chi connectivity index (χ2v) is 8.04. The van der Waals surface area contributed by atoms with Crippen molar-refractivity contribution in [1.82, 2.24) is 5.32 Å². The molecule has 154 valence electrons. The Kier molecular flexibility index (Phi) is 4.96. The van der Waals surface area contributed by atoms with Crippen LogP contribution in [0.25, 0.3) is 0 Å². The first-order chi connectivity index (χ1) is 14.3. The van der Waals surface area contributed by atoms with Gasteiger partial charge in [0.2, 0.25) is 0 Å². The summed E-state index contributed by atoms with van der Waals surface area (Å²) >= 11 is 5.75. The number of carbonyl (C=O) groups excluding carboxylic acids is 1. The van der Waals surface area contributed by atoms with Gasteiger partial charge in [-0.3, -0.25) is 9.69 Å². The molecule has 2 aliphatic rings. The van der Waals surface area contributed by atoms with Gasteiger partial charge in [0.05, 0.1) is 22.7 Å². The molecule has 1 unspecified atom stereocenters. The molecule has 2 fully saturated rings. The number of carbonyl (C=O) groups is 1. The molecule has 1 aliphatic heterocycles. The van der Waals surface area contributed by atoms with Gasteiger partial charge in [-0.05, 0) is 80.4 Å². The third kappa shape index (κ3) is 2.85. The Balaban J connectivity index is 1.78. The molecule has 1 saturated carbocycles. The summed E-state index contributed by atoms with van der Waals surface area (Å²) in [4.78, 5) is 15.3. The summed E-state index contributed by atoms with van der Waals surface area (Å²) in [6.07, 6.45) is 1.43. The molecule has 6 nitrogen and oxygen atoms in total. The monoisotopic (exact) mass is 424 g/mol. The van der Waals surface area contributed by atoms with Crippen LogP contribution >= 0.6 is 12.2 Å². The maximum atomic E-state index is 14.7. The van der Waals surface area contributed by atoms with E-state index in [0.717, 1.165) is 12.0 Å². The Morgan fingerprint density at radius 1 is 1.33 bits per heavy atom. The molecule has 2 aromatic rings. The van der Waals surface area contributed by atoms with Gasteiger partial charge in [-0.2, -0.15) is 5.26 Å². The van der Waals surface area contributed by atoms with E-state index in [2.05, 4.69) is 11.4 Å². The van der Waals surface area contributed by atoms with Crippen molar-refractivity contribution in [3.05, 3.63) is 58.9 Å². The second-order valence-electron chi connectivity index (χ2n) is 7.68. The largest absolute Gasteiger partial charge is 0.371 e. The minimum Gasteiger partial charge on any atom is -0.371 e. The molecule has 1 amide bonds. The van der Waals surface area contributed by atoms with Gasteiger partial charge in [0, 0.05) is 18.4 Å². The highest BCUT2D eigenvalue weighted by Gasteiger charge is 2.59. The predicted molar refractivity (Wildman–Crippen MR) is 116 cm³/mol. The molecule has 8 heteroatoms. The summed E-state index contributed by atoms with van der Waals surface area (Å²) in [6, 6.07) is 11.7. The number of amides is 1. The van der Waals surface area contributed by atoms with Gasteiger partial charge in [-0.1, -0.05) is 0 Å². The van der Waals surface area contributed by atoms with Crippen molar-refractivity contribution in [2.45, 2.75) is 38.0 Å². The van der Waals surface area contributed by atoms with E-state index in [-0.39, 0.29) is 5.56 Å². The summed E-state index contributed by atoms with van der Waals surface area (Å²) in [5.41, 5.74) is 1.85. The molecule has 0 bridgehead atoms. The number of nitrogens with zero attached hydrogens (tertiary/aromatic N) is 3. The van der Waals surface area contributed by atoms with Gasteiger partial charge in [-0.15, -0.1) is 0 Å². The minimum absolute atomic E-state index is 0.0469. The fourth-order valence-corrected chi connectivity index (χ4v) is 4.82. The summed E-state index contributed by atoms with van der Waals surface area (Å²) in [5, 5.41) is 23.2. The smallest absolute Gasteiger partial charge is 0.253 e. The number of aliphatic hydroxyl groups is 1. The van der Waals surface area contributed by atoms with Crippen LogP contribution in [0.3, 0.4) is 0 Å². The maximum Gasteiger partial charge on any atom is 0.253 e. The topological polar surface area (TPSA) is 79.6 Å². The van der Waals surface area contributed by atoms with Gasteiger partial charge in [0.1, 0.15) is 5.82 Å². The van der Waals surface area contributed by atoms with Crippen LogP contribution in [-0.2, 0) is 0 Å². The number of rotatable bonds is 3. The van der Waals surface area contributed by atoms with Crippen LogP contribution in [0.4, 0.5) is 15.8 Å². The van der Waals surface area contributed by atoms with Crippen LogP contribution < -0.4 is 15.1 Å². The molecule has 4 rings (SSSR count). The van der Waals surface area contributed by atoms with Crippen LogP contribution in [0.15, 0.2) is 36.4 Å². The van der Waals surface area contributed by atoms with Crippen LogP contribution in [0.5, 0.6) is 0 Å². The number of aliphatic hydroxyl groups excluding tert-OH is 1. The molecule has 1 atom stereocenters. The molecule has 1 spiro atoms. The quantitative estimate of drug-likeness (QED) is 0.737. The van der Waals surface area contributed by atoms with Crippen LogP contribution in [0.2, 0.25) is 0 Å². The van der Waals surface area contributed by atoms with E-state index in [1.807, 2.05) is 11.8 Å². The van der Waals surface area contributed by atoms with Crippen LogP contribution in [0, 0.1) is 24.1 Å². The molecule has 2 N–H and O–H groups in total. The third-order valence-corrected chi connectivity index (χ3v) is 6.43. The first-order valence-electron chi connectivity index (χ1n) is 9.68. The van der Waals surface area contributed by atoms with E-state index < -0.39 is 23.5 Å². The van der Waals surface area contributed by atoms with E-state index in [1.165, 1.54) is 19.2 Å².